The molecule has 1 atom stereocenters. The molecule has 0 spiro atoms. The fraction of sp³-hybridized carbons (Fsp3) is 0.421. The van der Waals surface area contributed by atoms with Crippen LogP contribution >= 0.6 is 0 Å². The van der Waals surface area contributed by atoms with Crippen molar-refractivity contribution in [3.8, 4) is 6.07 Å². The molecule has 3 rings (SSSR count). The van der Waals surface area contributed by atoms with E-state index in [-0.39, 0.29) is 23.8 Å². The van der Waals surface area contributed by atoms with Crippen LogP contribution in [0.15, 0.2) is 39.9 Å². The maximum Gasteiger partial charge on any atom is 0.332 e. The highest BCUT2D eigenvalue weighted by atomic mass is 16.2. The van der Waals surface area contributed by atoms with Crippen LogP contribution in [0.5, 0.6) is 0 Å². The number of anilines is 1. The summed E-state index contributed by atoms with van der Waals surface area (Å²) in [6.45, 7) is 3.67. The third kappa shape index (κ3) is 3.41. The van der Waals surface area contributed by atoms with Gasteiger partial charge in [0.1, 0.15) is 5.82 Å². The van der Waals surface area contributed by atoms with Gasteiger partial charge in [0.2, 0.25) is 0 Å². The van der Waals surface area contributed by atoms with Gasteiger partial charge < -0.3 is 10.6 Å². The summed E-state index contributed by atoms with van der Waals surface area (Å²) < 4.78 is 2.79. The molecule has 2 heterocycles. The Morgan fingerprint density at radius 3 is 2.73 bits per heavy atom. The van der Waals surface area contributed by atoms with Crippen LogP contribution in [0.1, 0.15) is 30.9 Å². The third-order valence-electron chi connectivity index (χ3n) is 4.82. The van der Waals surface area contributed by atoms with E-state index in [9.17, 15) is 14.9 Å². The van der Waals surface area contributed by atoms with E-state index in [4.69, 9.17) is 5.73 Å². The number of aromatic nitrogens is 2. The van der Waals surface area contributed by atoms with Gasteiger partial charge in [0, 0.05) is 31.7 Å². The number of benzene rings is 1. The minimum Gasteiger partial charge on any atom is -0.356 e. The van der Waals surface area contributed by atoms with E-state index >= 15 is 0 Å². The Morgan fingerprint density at radius 1 is 1.27 bits per heavy atom. The van der Waals surface area contributed by atoms with Crippen molar-refractivity contribution in [2.45, 2.75) is 38.9 Å². The Morgan fingerprint density at radius 2 is 2.04 bits per heavy atom. The SMILES string of the molecule is CCn1c(=O)cc(N2CCCC(N)C2)n(Cc2ccccc2C#N)c1=O. The monoisotopic (exact) mass is 353 g/mol. The average Bonchev–Trinajstić information content (AvgIpc) is 2.64. The molecule has 0 bridgehead atoms. The Bertz CT molecular complexity index is 954. The fourth-order valence-electron chi connectivity index (χ4n) is 3.46. The Labute approximate surface area is 151 Å². The number of nitrogens with two attached hydrogens (primary N) is 1. The van der Waals surface area contributed by atoms with Gasteiger partial charge in [0.25, 0.3) is 5.56 Å². The number of piperidine rings is 1. The number of rotatable bonds is 4. The van der Waals surface area contributed by atoms with Crippen molar-refractivity contribution >= 4 is 5.82 Å². The first-order valence-electron chi connectivity index (χ1n) is 8.88. The van der Waals surface area contributed by atoms with Gasteiger partial charge in [-0.2, -0.15) is 5.26 Å². The summed E-state index contributed by atoms with van der Waals surface area (Å²) in [4.78, 5) is 27.3. The topological polar surface area (TPSA) is 97.1 Å². The van der Waals surface area contributed by atoms with E-state index in [1.807, 2.05) is 17.0 Å². The molecular weight excluding hydrogens is 330 g/mol. The predicted molar refractivity (Wildman–Crippen MR) is 100 cm³/mol. The van der Waals surface area contributed by atoms with Gasteiger partial charge in [-0.3, -0.25) is 13.9 Å². The summed E-state index contributed by atoms with van der Waals surface area (Å²) in [7, 11) is 0. The van der Waals surface area contributed by atoms with Crippen LogP contribution in [0.25, 0.3) is 0 Å². The van der Waals surface area contributed by atoms with E-state index in [0.29, 0.717) is 24.5 Å². The number of hydrogen-bond donors (Lipinski definition) is 1. The highest BCUT2D eigenvalue weighted by Gasteiger charge is 2.22. The van der Waals surface area contributed by atoms with Crippen LogP contribution in [0, 0.1) is 11.3 Å². The molecule has 1 aliphatic heterocycles. The van der Waals surface area contributed by atoms with E-state index in [1.165, 1.54) is 10.6 Å². The third-order valence-corrected chi connectivity index (χ3v) is 4.82. The van der Waals surface area contributed by atoms with Gasteiger partial charge in [-0.05, 0) is 31.4 Å². The molecule has 1 aromatic heterocycles. The quantitative estimate of drug-likeness (QED) is 0.880. The van der Waals surface area contributed by atoms with Gasteiger partial charge in [0.15, 0.2) is 0 Å². The van der Waals surface area contributed by atoms with E-state index in [1.54, 1.807) is 23.6 Å². The molecule has 1 aliphatic rings. The number of nitriles is 1. The molecule has 136 valence electrons. The second-order valence-corrected chi connectivity index (χ2v) is 6.57. The molecule has 0 amide bonds. The Kier molecular flexibility index (Phi) is 5.24. The minimum atomic E-state index is -0.359. The molecule has 0 aliphatic carbocycles. The van der Waals surface area contributed by atoms with E-state index < -0.39 is 0 Å². The largest absolute Gasteiger partial charge is 0.356 e. The second-order valence-electron chi connectivity index (χ2n) is 6.57. The van der Waals surface area contributed by atoms with E-state index in [2.05, 4.69) is 6.07 Å². The first kappa shape index (κ1) is 18.0. The lowest BCUT2D eigenvalue weighted by molar-refractivity contribution is 0.489. The highest BCUT2D eigenvalue weighted by molar-refractivity contribution is 5.42. The van der Waals surface area contributed by atoms with Gasteiger partial charge in [-0.25, -0.2) is 4.79 Å². The van der Waals surface area contributed by atoms with Crippen LogP contribution in [0.2, 0.25) is 0 Å². The van der Waals surface area contributed by atoms with Crippen LogP contribution in [-0.4, -0.2) is 28.3 Å². The molecule has 7 nitrogen and oxygen atoms in total. The summed E-state index contributed by atoms with van der Waals surface area (Å²) in [6.07, 6.45) is 1.85. The van der Waals surface area contributed by atoms with Crippen molar-refractivity contribution in [3.63, 3.8) is 0 Å². The summed E-state index contributed by atoms with van der Waals surface area (Å²) >= 11 is 0. The van der Waals surface area contributed by atoms with Crippen LogP contribution in [-0.2, 0) is 13.1 Å². The summed E-state index contributed by atoms with van der Waals surface area (Å²) in [5.41, 5.74) is 6.69. The lowest BCUT2D eigenvalue weighted by Crippen LogP contribution is -2.48. The molecule has 1 saturated heterocycles. The van der Waals surface area contributed by atoms with Crippen LogP contribution < -0.4 is 21.9 Å². The summed E-state index contributed by atoms with van der Waals surface area (Å²) in [6, 6.07) is 10.9. The maximum absolute atomic E-state index is 13.0. The first-order valence-corrected chi connectivity index (χ1v) is 8.88. The van der Waals surface area contributed by atoms with Gasteiger partial charge in [-0.1, -0.05) is 18.2 Å². The fourth-order valence-corrected chi connectivity index (χ4v) is 3.46. The summed E-state index contributed by atoms with van der Waals surface area (Å²) in [5.74, 6) is 0.576. The molecular formula is C19H23N5O2. The Balaban J connectivity index is 2.14. The standard InChI is InChI=1S/C19H23N5O2/c1-2-23-18(25)10-17(22-9-5-8-16(21)13-22)24(19(23)26)12-15-7-4-3-6-14(15)11-20/h3-4,6-7,10,16H,2,5,8-9,12-13,21H2,1H3. The average molecular weight is 353 g/mol. The lowest BCUT2D eigenvalue weighted by atomic mass is 10.1. The van der Waals surface area contributed by atoms with Crippen molar-refractivity contribution < 1.29 is 0 Å². The van der Waals surface area contributed by atoms with Crippen LogP contribution in [0.3, 0.4) is 0 Å². The predicted octanol–water partition coefficient (Wildman–Crippen LogP) is 0.877. The summed E-state index contributed by atoms with van der Waals surface area (Å²) in [5, 5.41) is 9.34. The van der Waals surface area contributed by atoms with Gasteiger partial charge in [-0.15, -0.1) is 0 Å². The zero-order valence-electron chi connectivity index (χ0n) is 14.9. The molecule has 1 fully saturated rings. The first-order chi connectivity index (χ1) is 12.5. The second kappa shape index (κ2) is 7.58. The molecule has 0 radical (unpaired) electrons. The van der Waals surface area contributed by atoms with Crippen molar-refractivity contribution in [2.24, 2.45) is 5.73 Å². The molecule has 0 saturated carbocycles. The Hall–Kier alpha value is -2.85. The molecule has 26 heavy (non-hydrogen) atoms. The van der Waals surface area contributed by atoms with Crippen molar-refractivity contribution in [1.29, 1.82) is 5.26 Å². The normalized spacial score (nSPS) is 17.1. The van der Waals surface area contributed by atoms with Crippen molar-refractivity contribution in [3.05, 3.63) is 62.3 Å². The van der Waals surface area contributed by atoms with Gasteiger partial charge >= 0.3 is 5.69 Å². The molecule has 1 unspecified atom stereocenters. The van der Waals surface area contributed by atoms with Crippen molar-refractivity contribution in [1.82, 2.24) is 9.13 Å². The maximum atomic E-state index is 13.0. The number of nitrogens with zero attached hydrogens (tertiary/aromatic N) is 4. The van der Waals surface area contributed by atoms with Crippen molar-refractivity contribution in [2.75, 3.05) is 18.0 Å². The molecule has 2 aromatic rings. The van der Waals surface area contributed by atoms with Gasteiger partial charge in [0.05, 0.1) is 18.2 Å². The smallest absolute Gasteiger partial charge is 0.332 e. The van der Waals surface area contributed by atoms with E-state index in [0.717, 1.165) is 24.9 Å². The molecule has 1 aromatic carbocycles. The van der Waals surface area contributed by atoms with Crippen LogP contribution in [0.4, 0.5) is 5.82 Å². The minimum absolute atomic E-state index is 0.0207. The molecule has 7 heteroatoms. The zero-order valence-corrected chi connectivity index (χ0v) is 14.9. The lowest BCUT2D eigenvalue weighted by Gasteiger charge is -2.34. The molecule has 2 N–H and O–H groups in total. The highest BCUT2D eigenvalue weighted by Crippen LogP contribution is 2.19. The zero-order chi connectivity index (χ0) is 18.7. The number of hydrogen-bond acceptors (Lipinski definition) is 5.